The highest BCUT2D eigenvalue weighted by molar-refractivity contribution is 6.32. The number of carboxylic acids is 1. The normalized spacial score (nSPS) is 20.7. The van der Waals surface area contributed by atoms with Crippen LogP contribution in [0.15, 0.2) is 12.1 Å². The van der Waals surface area contributed by atoms with Crippen molar-refractivity contribution in [3.8, 4) is 11.5 Å². The van der Waals surface area contributed by atoms with Crippen LogP contribution in [0.2, 0.25) is 5.02 Å². The molecule has 5 nitrogen and oxygen atoms in total. The van der Waals surface area contributed by atoms with Gasteiger partial charge in [-0.15, -0.1) is 0 Å². The largest absolute Gasteiger partial charge is 0.489 e. The van der Waals surface area contributed by atoms with Crippen LogP contribution in [0.5, 0.6) is 11.5 Å². The molecule has 0 aromatic heterocycles. The minimum absolute atomic E-state index is 0.0773. The Balaban J connectivity index is 1.95. The quantitative estimate of drug-likeness (QED) is 0.869. The van der Waals surface area contributed by atoms with Crippen molar-refractivity contribution < 1.29 is 24.5 Å². The van der Waals surface area contributed by atoms with E-state index in [1.807, 2.05) is 0 Å². The van der Waals surface area contributed by atoms with Gasteiger partial charge in [0.05, 0.1) is 18.2 Å². The molecule has 1 aliphatic heterocycles. The highest BCUT2D eigenvalue weighted by Gasteiger charge is 2.46. The topological polar surface area (TPSA) is 76.0 Å². The zero-order valence-corrected chi connectivity index (χ0v) is 10.8. The van der Waals surface area contributed by atoms with Gasteiger partial charge in [-0.05, 0) is 30.5 Å². The fraction of sp³-hybridized carbons (Fsp3) is 0.462. The van der Waals surface area contributed by atoms with Crippen molar-refractivity contribution in [2.24, 2.45) is 5.41 Å². The van der Waals surface area contributed by atoms with Crippen LogP contribution in [0, 0.1) is 5.41 Å². The molecule has 1 aliphatic carbocycles. The van der Waals surface area contributed by atoms with Crippen LogP contribution in [0.4, 0.5) is 0 Å². The number of hydrogen-bond acceptors (Lipinski definition) is 4. The second kappa shape index (κ2) is 4.28. The van der Waals surface area contributed by atoms with Gasteiger partial charge in [0.15, 0.2) is 17.6 Å². The van der Waals surface area contributed by atoms with E-state index >= 15 is 0 Å². The third-order valence-electron chi connectivity index (χ3n) is 3.60. The van der Waals surface area contributed by atoms with Gasteiger partial charge in [0, 0.05) is 5.41 Å². The Morgan fingerprint density at radius 3 is 2.63 bits per heavy atom. The van der Waals surface area contributed by atoms with Gasteiger partial charge < -0.3 is 19.7 Å². The molecule has 1 atom stereocenters. The summed E-state index contributed by atoms with van der Waals surface area (Å²) in [5.74, 6) is -0.512. The van der Waals surface area contributed by atoms with E-state index in [9.17, 15) is 9.90 Å². The minimum Gasteiger partial charge on any atom is -0.489 e. The SMILES string of the molecule is O=C(O)C(O)c1cc(Cl)c2c(c1)OCC1(CC1)CO2. The van der Waals surface area contributed by atoms with E-state index in [2.05, 4.69) is 0 Å². The van der Waals surface area contributed by atoms with Crippen molar-refractivity contribution >= 4 is 17.6 Å². The summed E-state index contributed by atoms with van der Waals surface area (Å²) in [5, 5.41) is 18.6. The number of halogens is 1. The fourth-order valence-electron chi connectivity index (χ4n) is 2.10. The average Bonchev–Trinajstić information content (AvgIpc) is 3.16. The summed E-state index contributed by atoms with van der Waals surface area (Å²) in [7, 11) is 0. The first-order chi connectivity index (χ1) is 9.01. The summed E-state index contributed by atoms with van der Waals surface area (Å²) in [6.45, 7) is 1.09. The van der Waals surface area contributed by atoms with Crippen LogP contribution in [-0.2, 0) is 4.79 Å². The zero-order valence-electron chi connectivity index (χ0n) is 10.1. The Morgan fingerprint density at radius 1 is 1.32 bits per heavy atom. The molecule has 19 heavy (non-hydrogen) atoms. The highest BCUT2D eigenvalue weighted by Crippen LogP contribution is 2.50. The van der Waals surface area contributed by atoms with Gasteiger partial charge in [-0.25, -0.2) is 4.79 Å². The van der Waals surface area contributed by atoms with Crippen molar-refractivity contribution in [2.75, 3.05) is 13.2 Å². The highest BCUT2D eigenvalue weighted by atomic mass is 35.5. The van der Waals surface area contributed by atoms with Crippen LogP contribution in [0.25, 0.3) is 0 Å². The lowest BCUT2D eigenvalue weighted by Crippen LogP contribution is -2.17. The third kappa shape index (κ3) is 2.24. The maximum atomic E-state index is 10.8. The average molecular weight is 285 g/mol. The summed E-state index contributed by atoms with van der Waals surface area (Å²) in [4.78, 5) is 10.8. The summed E-state index contributed by atoms with van der Waals surface area (Å²) in [6, 6.07) is 2.87. The molecule has 2 N–H and O–H groups in total. The number of ether oxygens (including phenoxy) is 2. The monoisotopic (exact) mass is 284 g/mol. The van der Waals surface area contributed by atoms with Crippen molar-refractivity contribution in [1.82, 2.24) is 0 Å². The third-order valence-corrected chi connectivity index (χ3v) is 3.88. The smallest absolute Gasteiger partial charge is 0.337 e. The maximum absolute atomic E-state index is 10.8. The number of benzene rings is 1. The Kier molecular flexibility index (Phi) is 2.83. The number of aliphatic hydroxyl groups excluding tert-OH is 1. The van der Waals surface area contributed by atoms with Crippen molar-refractivity contribution in [1.29, 1.82) is 0 Å². The second-order valence-electron chi connectivity index (χ2n) is 5.15. The summed E-state index contributed by atoms with van der Waals surface area (Å²) < 4.78 is 11.3. The summed E-state index contributed by atoms with van der Waals surface area (Å²) >= 11 is 6.07. The number of fused-ring (bicyclic) bond motifs is 1. The molecule has 1 fully saturated rings. The molecule has 0 saturated heterocycles. The van der Waals surface area contributed by atoms with E-state index in [-0.39, 0.29) is 16.0 Å². The molecule has 6 heteroatoms. The van der Waals surface area contributed by atoms with Crippen molar-refractivity contribution in [2.45, 2.75) is 18.9 Å². The predicted octanol–water partition coefficient (Wildman–Crippen LogP) is 2.01. The van der Waals surface area contributed by atoms with Crippen LogP contribution in [-0.4, -0.2) is 29.4 Å². The van der Waals surface area contributed by atoms with E-state index in [0.29, 0.717) is 24.7 Å². The first-order valence-corrected chi connectivity index (χ1v) is 6.38. The van der Waals surface area contributed by atoms with Crippen LogP contribution >= 0.6 is 11.6 Å². The molecule has 0 bridgehead atoms. The molecule has 1 unspecified atom stereocenters. The van der Waals surface area contributed by atoms with Gasteiger partial charge in [0.1, 0.15) is 0 Å². The molecule has 1 heterocycles. The van der Waals surface area contributed by atoms with E-state index < -0.39 is 12.1 Å². The second-order valence-corrected chi connectivity index (χ2v) is 5.56. The van der Waals surface area contributed by atoms with Gasteiger partial charge in [0.2, 0.25) is 0 Å². The molecule has 0 radical (unpaired) electrons. The first-order valence-electron chi connectivity index (χ1n) is 6.01. The molecular formula is C13H13ClO5. The molecular weight excluding hydrogens is 272 g/mol. The number of hydrogen-bond donors (Lipinski definition) is 2. The molecule has 3 rings (SSSR count). The van der Waals surface area contributed by atoms with Crippen LogP contribution in [0.1, 0.15) is 24.5 Å². The van der Waals surface area contributed by atoms with Gasteiger partial charge >= 0.3 is 5.97 Å². The molecule has 1 spiro atoms. The Bertz CT molecular complexity index is 538. The van der Waals surface area contributed by atoms with Gasteiger partial charge in [-0.1, -0.05) is 11.6 Å². The number of rotatable bonds is 2. The molecule has 1 aromatic rings. The zero-order chi connectivity index (χ0) is 13.6. The van der Waals surface area contributed by atoms with E-state index in [4.69, 9.17) is 26.2 Å². The van der Waals surface area contributed by atoms with E-state index in [1.165, 1.54) is 12.1 Å². The summed E-state index contributed by atoms with van der Waals surface area (Å²) in [5.41, 5.74) is 0.264. The molecule has 1 saturated carbocycles. The van der Waals surface area contributed by atoms with Gasteiger partial charge in [-0.3, -0.25) is 0 Å². The van der Waals surface area contributed by atoms with Gasteiger partial charge in [-0.2, -0.15) is 0 Å². The van der Waals surface area contributed by atoms with Gasteiger partial charge in [0.25, 0.3) is 0 Å². The standard InChI is InChI=1S/C13H13ClO5/c14-8-3-7(10(15)12(16)17)4-9-11(8)19-6-13(1-2-13)5-18-9/h3-4,10,15H,1-2,5-6H2,(H,16,17). The molecule has 2 aliphatic rings. The lowest BCUT2D eigenvalue weighted by Gasteiger charge is -2.12. The Labute approximate surface area is 114 Å². The lowest BCUT2D eigenvalue weighted by atomic mass is 10.1. The lowest BCUT2D eigenvalue weighted by molar-refractivity contribution is -0.146. The van der Waals surface area contributed by atoms with Crippen molar-refractivity contribution in [3.63, 3.8) is 0 Å². The number of carboxylic acid groups (broad SMARTS) is 1. The van der Waals surface area contributed by atoms with Crippen LogP contribution < -0.4 is 9.47 Å². The minimum atomic E-state index is -1.62. The molecule has 102 valence electrons. The number of aliphatic carboxylic acids is 1. The molecule has 0 amide bonds. The number of carbonyl (C=O) groups is 1. The van der Waals surface area contributed by atoms with E-state index in [1.54, 1.807) is 0 Å². The molecule has 1 aromatic carbocycles. The fourth-order valence-corrected chi connectivity index (χ4v) is 2.37. The number of aliphatic hydroxyl groups is 1. The van der Waals surface area contributed by atoms with Crippen molar-refractivity contribution in [3.05, 3.63) is 22.7 Å². The Hall–Kier alpha value is -1.46. The van der Waals surface area contributed by atoms with Crippen LogP contribution in [0.3, 0.4) is 0 Å². The predicted molar refractivity (Wildman–Crippen MR) is 66.7 cm³/mol. The summed E-state index contributed by atoms with van der Waals surface area (Å²) in [6.07, 6.45) is 0.497. The maximum Gasteiger partial charge on any atom is 0.337 e. The Morgan fingerprint density at radius 2 is 2.00 bits per heavy atom. The van der Waals surface area contributed by atoms with E-state index in [0.717, 1.165) is 12.8 Å². The first kappa shape index (κ1) is 12.6.